The fourth-order valence-electron chi connectivity index (χ4n) is 2.38. The topological polar surface area (TPSA) is 52.6 Å². The molecule has 2 rings (SSSR count). The molecule has 1 aliphatic rings. The summed E-state index contributed by atoms with van der Waals surface area (Å²) in [4.78, 5) is 13.8. The van der Waals surface area contributed by atoms with Gasteiger partial charge in [0.05, 0.1) is 12.1 Å². The third kappa shape index (κ3) is 2.89. The maximum absolute atomic E-state index is 12.2. The number of nitrogens with one attached hydrogen (secondary N) is 1. The van der Waals surface area contributed by atoms with E-state index in [1.165, 1.54) is 11.1 Å². The van der Waals surface area contributed by atoms with Gasteiger partial charge >= 0.3 is 0 Å². The Hall–Kier alpha value is -1.39. The molecule has 4 heteroatoms. The number of hydrogen-bond acceptors (Lipinski definition) is 3. The smallest absolute Gasteiger partial charge is 0.239 e. The summed E-state index contributed by atoms with van der Waals surface area (Å²) in [7, 11) is 1.73. The number of benzene rings is 1. The number of nitrogens with zero attached hydrogens (tertiary/aromatic N) is 1. The summed E-state index contributed by atoms with van der Waals surface area (Å²) in [5.74, 6) is 0.0467. The highest BCUT2D eigenvalue weighted by atomic mass is 16.3. The van der Waals surface area contributed by atoms with Crippen molar-refractivity contribution in [2.24, 2.45) is 0 Å². The standard InChI is InChI=1S/C14H20N2O2/c1-10(17)9-16(2)14(18)13-7-11-5-3-4-6-12(11)8-15-13/h3-6,10,13,15,17H,7-9H2,1-2H3. The van der Waals surface area contributed by atoms with Crippen molar-refractivity contribution in [1.29, 1.82) is 0 Å². The highest BCUT2D eigenvalue weighted by Crippen LogP contribution is 2.17. The molecular weight excluding hydrogens is 228 g/mol. The van der Waals surface area contributed by atoms with Crippen molar-refractivity contribution in [2.45, 2.75) is 32.0 Å². The molecule has 0 saturated heterocycles. The fraction of sp³-hybridized carbons (Fsp3) is 0.500. The lowest BCUT2D eigenvalue weighted by atomic mass is 9.95. The highest BCUT2D eigenvalue weighted by Gasteiger charge is 2.26. The molecule has 1 aromatic carbocycles. The first-order valence-corrected chi connectivity index (χ1v) is 6.31. The fourth-order valence-corrected chi connectivity index (χ4v) is 2.38. The molecule has 0 radical (unpaired) electrons. The number of hydrogen-bond donors (Lipinski definition) is 2. The minimum atomic E-state index is -0.491. The van der Waals surface area contributed by atoms with Gasteiger partial charge in [-0.15, -0.1) is 0 Å². The SMILES string of the molecule is CC(O)CN(C)C(=O)C1Cc2ccccc2CN1. The second kappa shape index (κ2) is 5.50. The number of fused-ring (bicyclic) bond motifs is 1. The van der Waals surface area contributed by atoms with Gasteiger partial charge in [-0.3, -0.25) is 4.79 Å². The lowest BCUT2D eigenvalue weighted by molar-refractivity contribution is -0.133. The summed E-state index contributed by atoms with van der Waals surface area (Å²) in [5, 5.41) is 12.6. The van der Waals surface area contributed by atoms with Crippen molar-refractivity contribution in [3.05, 3.63) is 35.4 Å². The Morgan fingerprint density at radius 1 is 1.50 bits per heavy atom. The molecule has 4 nitrogen and oxygen atoms in total. The van der Waals surface area contributed by atoms with Crippen LogP contribution in [0.5, 0.6) is 0 Å². The summed E-state index contributed by atoms with van der Waals surface area (Å²) < 4.78 is 0. The summed E-state index contributed by atoms with van der Waals surface area (Å²) in [6.45, 7) is 2.79. The highest BCUT2D eigenvalue weighted by molar-refractivity contribution is 5.82. The van der Waals surface area contributed by atoms with Crippen molar-refractivity contribution < 1.29 is 9.90 Å². The number of aliphatic hydroxyl groups excluding tert-OH is 1. The molecule has 18 heavy (non-hydrogen) atoms. The van der Waals surface area contributed by atoms with Crippen molar-refractivity contribution in [3.8, 4) is 0 Å². The van der Waals surface area contributed by atoms with Crippen LogP contribution in [0.4, 0.5) is 0 Å². The van der Waals surface area contributed by atoms with Gasteiger partial charge in [0, 0.05) is 20.1 Å². The minimum absolute atomic E-state index is 0.0467. The monoisotopic (exact) mass is 248 g/mol. The van der Waals surface area contributed by atoms with Crippen LogP contribution in [0, 0.1) is 0 Å². The molecule has 0 bridgehead atoms. The maximum Gasteiger partial charge on any atom is 0.239 e. The molecule has 2 atom stereocenters. The van der Waals surface area contributed by atoms with E-state index in [-0.39, 0.29) is 11.9 Å². The van der Waals surface area contributed by atoms with Crippen LogP contribution in [0.3, 0.4) is 0 Å². The first-order chi connectivity index (χ1) is 8.58. The van der Waals surface area contributed by atoms with E-state index in [1.807, 2.05) is 12.1 Å². The molecule has 1 heterocycles. The van der Waals surface area contributed by atoms with Crippen LogP contribution < -0.4 is 5.32 Å². The largest absolute Gasteiger partial charge is 0.392 e. The molecule has 0 aliphatic carbocycles. The zero-order valence-electron chi connectivity index (χ0n) is 10.9. The number of carbonyl (C=O) groups is 1. The third-order valence-electron chi connectivity index (χ3n) is 3.29. The van der Waals surface area contributed by atoms with Gasteiger partial charge in [-0.25, -0.2) is 0 Å². The van der Waals surface area contributed by atoms with Crippen molar-refractivity contribution in [1.82, 2.24) is 10.2 Å². The normalized spacial score (nSPS) is 20.1. The van der Waals surface area contributed by atoms with Crippen LogP contribution in [0.15, 0.2) is 24.3 Å². The molecule has 1 aliphatic heterocycles. The van der Waals surface area contributed by atoms with E-state index in [1.54, 1.807) is 18.9 Å². The Kier molecular flexibility index (Phi) is 3.99. The second-order valence-corrected chi connectivity index (χ2v) is 4.97. The van der Waals surface area contributed by atoms with Gasteiger partial charge in [-0.05, 0) is 24.5 Å². The lowest BCUT2D eigenvalue weighted by Crippen LogP contribution is -2.49. The summed E-state index contributed by atoms with van der Waals surface area (Å²) in [5.41, 5.74) is 2.50. The number of amides is 1. The van der Waals surface area contributed by atoms with Crippen LogP contribution >= 0.6 is 0 Å². The van der Waals surface area contributed by atoms with Crippen molar-refractivity contribution in [2.75, 3.05) is 13.6 Å². The predicted octanol–water partition coefficient (Wildman–Crippen LogP) is 0.540. The lowest BCUT2D eigenvalue weighted by Gasteiger charge is -2.29. The van der Waals surface area contributed by atoms with E-state index < -0.39 is 6.10 Å². The van der Waals surface area contributed by atoms with E-state index in [0.717, 1.165) is 13.0 Å². The van der Waals surface area contributed by atoms with Crippen LogP contribution in [0.2, 0.25) is 0 Å². The van der Waals surface area contributed by atoms with E-state index in [9.17, 15) is 9.90 Å². The van der Waals surface area contributed by atoms with Gasteiger partial charge in [0.25, 0.3) is 0 Å². The first kappa shape index (κ1) is 13.1. The first-order valence-electron chi connectivity index (χ1n) is 6.31. The quantitative estimate of drug-likeness (QED) is 0.821. The minimum Gasteiger partial charge on any atom is -0.392 e. The summed E-state index contributed by atoms with van der Waals surface area (Å²) >= 11 is 0. The van der Waals surface area contributed by atoms with Gasteiger partial charge < -0.3 is 15.3 Å². The Morgan fingerprint density at radius 2 is 2.17 bits per heavy atom. The van der Waals surface area contributed by atoms with E-state index in [0.29, 0.717) is 6.54 Å². The number of aliphatic hydroxyl groups is 1. The predicted molar refractivity (Wildman–Crippen MR) is 70.1 cm³/mol. The third-order valence-corrected chi connectivity index (χ3v) is 3.29. The van der Waals surface area contributed by atoms with Crippen LogP contribution in [-0.4, -0.2) is 41.7 Å². The number of carbonyl (C=O) groups excluding carboxylic acids is 1. The van der Waals surface area contributed by atoms with Gasteiger partial charge in [-0.1, -0.05) is 24.3 Å². The van der Waals surface area contributed by atoms with Gasteiger partial charge in [0.15, 0.2) is 0 Å². The molecule has 2 unspecified atom stereocenters. The molecule has 1 aromatic rings. The molecule has 0 saturated carbocycles. The molecule has 2 N–H and O–H groups in total. The van der Waals surface area contributed by atoms with Crippen LogP contribution in [0.1, 0.15) is 18.1 Å². The Labute approximate surface area is 108 Å². The van der Waals surface area contributed by atoms with Crippen molar-refractivity contribution >= 4 is 5.91 Å². The van der Waals surface area contributed by atoms with E-state index in [4.69, 9.17) is 0 Å². The molecule has 0 spiro atoms. The van der Waals surface area contributed by atoms with Gasteiger partial charge in [0.2, 0.25) is 5.91 Å². The molecule has 98 valence electrons. The zero-order chi connectivity index (χ0) is 13.1. The van der Waals surface area contributed by atoms with Gasteiger partial charge in [-0.2, -0.15) is 0 Å². The van der Waals surface area contributed by atoms with Crippen LogP contribution in [0.25, 0.3) is 0 Å². The molecule has 1 amide bonds. The number of rotatable bonds is 3. The zero-order valence-corrected chi connectivity index (χ0v) is 10.9. The average molecular weight is 248 g/mol. The Balaban J connectivity index is 2.02. The average Bonchev–Trinajstić information content (AvgIpc) is 2.36. The molecule has 0 aromatic heterocycles. The Morgan fingerprint density at radius 3 is 2.83 bits per heavy atom. The molecular formula is C14H20N2O2. The van der Waals surface area contributed by atoms with E-state index >= 15 is 0 Å². The second-order valence-electron chi connectivity index (χ2n) is 4.97. The summed E-state index contributed by atoms with van der Waals surface area (Å²) in [6.07, 6.45) is 0.230. The van der Waals surface area contributed by atoms with Crippen molar-refractivity contribution in [3.63, 3.8) is 0 Å². The maximum atomic E-state index is 12.2. The Bertz CT molecular complexity index is 432. The summed E-state index contributed by atoms with van der Waals surface area (Å²) in [6, 6.07) is 8.00. The van der Waals surface area contributed by atoms with Gasteiger partial charge in [0.1, 0.15) is 0 Å². The molecule has 0 fully saturated rings. The van der Waals surface area contributed by atoms with Crippen LogP contribution in [-0.2, 0) is 17.8 Å². The van der Waals surface area contributed by atoms with E-state index in [2.05, 4.69) is 17.4 Å². The number of likely N-dealkylation sites (N-methyl/N-ethyl adjacent to an activating group) is 1.